The third-order valence-corrected chi connectivity index (χ3v) is 2.74. The van der Waals surface area contributed by atoms with Crippen LogP contribution in [0.2, 0.25) is 0 Å². The molecule has 0 aliphatic carbocycles. The predicted molar refractivity (Wildman–Crippen MR) is 63.6 cm³/mol. The minimum atomic E-state index is 0.467. The van der Waals surface area contributed by atoms with Gasteiger partial charge in [-0.3, -0.25) is 0 Å². The number of nitrogens with one attached hydrogen (secondary N) is 1. The lowest BCUT2D eigenvalue weighted by Crippen LogP contribution is -2.27. The van der Waals surface area contributed by atoms with E-state index >= 15 is 0 Å². The maximum atomic E-state index is 5.77. The molecule has 0 amide bonds. The number of nitrogen functional groups attached to an aromatic ring is 2. The van der Waals surface area contributed by atoms with Crippen LogP contribution < -0.4 is 16.9 Å². The fraction of sp³-hybridized carbons (Fsp3) is 0.364. The van der Waals surface area contributed by atoms with Crippen molar-refractivity contribution in [2.75, 3.05) is 18.0 Å². The Hall–Kier alpha value is -1.71. The number of hydrogen-bond acceptors (Lipinski definition) is 4. The van der Waals surface area contributed by atoms with Crippen LogP contribution in [0.4, 0.5) is 11.4 Å². The molecular formula is C11H16N4. The van der Waals surface area contributed by atoms with Gasteiger partial charge in [0.2, 0.25) is 0 Å². The maximum absolute atomic E-state index is 5.77. The van der Waals surface area contributed by atoms with Crippen LogP contribution in [-0.4, -0.2) is 12.3 Å². The van der Waals surface area contributed by atoms with E-state index in [1.807, 2.05) is 18.2 Å². The van der Waals surface area contributed by atoms with Crippen molar-refractivity contribution in [3.05, 3.63) is 23.8 Å². The van der Waals surface area contributed by atoms with Crippen molar-refractivity contribution in [1.29, 1.82) is 0 Å². The molecular weight excluding hydrogens is 188 g/mol. The third kappa shape index (κ3) is 1.88. The van der Waals surface area contributed by atoms with Gasteiger partial charge in [0.05, 0.1) is 17.1 Å². The molecule has 1 aliphatic heterocycles. The Morgan fingerprint density at radius 2 is 2.13 bits per heavy atom. The van der Waals surface area contributed by atoms with E-state index in [0.29, 0.717) is 17.3 Å². The van der Waals surface area contributed by atoms with Crippen molar-refractivity contribution in [2.45, 2.75) is 13.3 Å². The Labute approximate surface area is 89.3 Å². The fourth-order valence-corrected chi connectivity index (χ4v) is 1.75. The number of hydrazone groups is 1. The van der Waals surface area contributed by atoms with E-state index in [9.17, 15) is 0 Å². The van der Waals surface area contributed by atoms with Crippen LogP contribution >= 0.6 is 0 Å². The van der Waals surface area contributed by atoms with Crippen LogP contribution in [0.5, 0.6) is 0 Å². The third-order valence-electron chi connectivity index (χ3n) is 2.74. The molecule has 0 saturated carbocycles. The minimum absolute atomic E-state index is 0.467. The first-order valence-electron chi connectivity index (χ1n) is 5.14. The second kappa shape index (κ2) is 3.81. The molecule has 1 unspecified atom stereocenters. The standard InChI is InChI=1S/C11H16N4/c1-7-4-5-14-15-11(7)8-2-3-9(12)10(13)6-8/h2-3,6-7,14H,4-5,12-13H2,1H3. The zero-order valence-corrected chi connectivity index (χ0v) is 8.83. The van der Waals surface area contributed by atoms with Gasteiger partial charge < -0.3 is 16.9 Å². The monoisotopic (exact) mass is 204 g/mol. The van der Waals surface area contributed by atoms with E-state index < -0.39 is 0 Å². The highest BCUT2D eigenvalue weighted by Gasteiger charge is 2.16. The van der Waals surface area contributed by atoms with Gasteiger partial charge in [0, 0.05) is 18.0 Å². The van der Waals surface area contributed by atoms with Gasteiger partial charge >= 0.3 is 0 Å². The van der Waals surface area contributed by atoms with Crippen LogP contribution in [0.3, 0.4) is 0 Å². The van der Waals surface area contributed by atoms with Crippen molar-refractivity contribution < 1.29 is 0 Å². The summed E-state index contributed by atoms with van der Waals surface area (Å²) in [7, 11) is 0. The van der Waals surface area contributed by atoms with Gasteiger partial charge in [-0.2, -0.15) is 5.10 Å². The molecule has 1 heterocycles. The molecule has 0 radical (unpaired) electrons. The SMILES string of the molecule is CC1CCNN=C1c1ccc(N)c(N)c1. The first-order valence-corrected chi connectivity index (χ1v) is 5.14. The molecule has 0 fully saturated rings. The molecule has 4 nitrogen and oxygen atoms in total. The molecule has 0 bridgehead atoms. The van der Waals surface area contributed by atoms with Crippen molar-refractivity contribution >= 4 is 17.1 Å². The predicted octanol–water partition coefficient (Wildman–Crippen LogP) is 1.18. The normalized spacial score (nSPS) is 20.6. The van der Waals surface area contributed by atoms with E-state index in [1.165, 1.54) is 0 Å². The zero-order valence-electron chi connectivity index (χ0n) is 8.83. The van der Waals surface area contributed by atoms with Gasteiger partial charge in [0.25, 0.3) is 0 Å². The van der Waals surface area contributed by atoms with Crippen molar-refractivity contribution in [1.82, 2.24) is 5.43 Å². The number of nitrogens with two attached hydrogens (primary N) is 2. The largest absolute Gasteiger partial charge is 0.397 e. The van der Waals surface area contributed by atoms with Crippen LogP contribution in [0, 0.1) is 5.92 Å². The molecule has 2 rings (SSSR count). The second-order valence-corrected chi connectivity index (χ2v) is 3.94. The summed E-state index contributed by atoms with van der Waals surface area (Å²) in [6.45, 7) is 3.11. The molecule has 15 heavy (non-hydrogen) atoms. The molecule has 1 aromatic rings. The molecule has 1 aromatic carbocycles. The number of rotatable bonds is 1. The summed E-state index contributed by atoms with van der Waals surface area (Å²) in [5, 5.41) is 4.32. The first-order chi connectivity index (χ1) is 7.18. The van der Waals surface area contributed by atoms with Gasteiger partial charge in [0.15, 0.2) is 0 Å². The Balaban J connectivity index is 2.36. The van der Waals surface area contributed by atoms with E-state index in [0.717, 1.165) is 24.2 Å². The van der Waals surface area contributed by atoms with Gasteiger partial charge in [0.1, 0.15) is 0 Å². The summed E-state index contributed by atoms with van der Waals surface area (Å²) in [6, 6.07) is 5.68. The topological polar surface area (TPSA) is 76.4 Å². The van der Waals surface area contributed by atoms with E-state index in [4.69, 9.17) is 11.5 Å². The first kappa shape index (κ1) is 9.83. The molecule has 0 saturated heterocycles. The van der Waals surface area contributed by atoms with Crippen molar-refractivity contribution in [2.24, 2.45) is 11.0 Å². The van der Waals surface area contributed by atoms with E-state index in [1.54, 1.807) is 0 Å². The fourth-order valence-electron chi connectivity index (χ4n) is 1.75. The van der Waals surface area contributed by atoms with E-state index in [-0.39, 0.29) is 0 Å². The van der Waals surface area contributed by atoms with Crippen LogP contribution in [-0.2, 0) is 0 Å². The Morgan fingerprint density at radius 3 is 2.80 bits per heavy atom. The molecule has 80 valence electrons. The molecule has 0 aromatic heterocycles. The van der Waals surface area contributed by atoms with Crippen LogP contribution in [0.1, 0.15) is 18.9 Å². The van der Waals surface area contributed by atoms with Crippen LogP contribution in [0.15, 0.2) is 23.3 Å². The second-order valence-electron chi connectivity index (χ2n) is 3.94. The summed E-state index contributed by atoms with van der Waals surface area (Å²) >= 11 is 0. The highest BCUT2D eigenvalue weighted by atomic mass is 15.3. The number of benzene rings is 1. The zero-order chi connectivity index (χ0) is 10.8. The van der Waals surface area contributed by atoms with Gasteiger partial charge in [-0.05, 0) is 18.6 Å². The molecule has 1 atom stereocenters. The minimum Gasteiger partial charge on any atom is -0.397 e. The Morgan fingerprint density at radius 1 is 1.33 bits per heavy atom. The quantitative estimate of drug-likeness (QED) is 0.601. The van der Waals surface area contributed by atoms with Crippen molar-refractivity contribution in [3.8, 4) is 0 Å². The molecule has 5 N–H and O–H groups in total. The molecule has 1 aliphatic rings. The average molecular weight is 204 g/mol. The summed E-state index contributed by atoms with van der Waals surface area (Å²) in [5.41, 5.74) is 17.8. The Bertz CT molecular complexity index is 398. The average Bonchev–Trinajstić information content (AvgIpc) is 2.23. The smallest absolute Gasteiger partial charge is 0.0704 e. The van der Waals surface area contributed by atoms with E-state index in [2.05, 4.69) is 17.5 Å². The van der Waals surface area contributed by atoms with Gasteiger partial charge in [-0.1, -0.05) is 13.0 Å². The summed E-state index contributed by atoms with van der Waals surface area (Å²) in [6.07, 6.45) is 1.10. The van der Waals surface area contributed by atoms with Crippen molar-refractivity contribution in [3.63, 3.8) is 0 Å². The van der Waals surface area contributed by atoms with Gasteiger partial charge in [-0.15, -0.1) is 0 Å². The highest BCUT2D eigenvalue weighted by molar-refractivity contribution is 6.03. The molecule has 0 spiro atoms. The molecule has 4 heteroatoms. The lowest BCUT2D eigenvalue weighted by atomic mass is 9.94. The number of anilines is 2. The maximum Gasteiger partial charge on any atom is 0.0704 e. The lowest BCUT2D eigenvalue weighted by molar-refractivity contribution is 0.572. The van der Waals surface area contributed by atoms with Crippen LogP contribution in [0.25, 0.3) is 0 Å². The highest BCUT2D eigenvalue weighted by Crippen LogP contribution is 2.21. The summed E-state index contributed by atoms with van der Waals surface area (Å²) in [5.74, 6) is 0.467. The summed E-state index contributed by atoms with van der Waals surface area (Å²) in [4.78, 5) is 0. The summed E-state index contributed by atoms with van der Waals surface area (Å²) < 4.78 is 0. The Kier molecular flexibility index (Phi) is 2.49. The number of hydrogen-bond donors (Lipinski definition) is 3. The van der Waals surface area contributed by atoms with Gasteiger partial charge in [-0.25, -0.2) is 0 Å². The lowest BCUT2D eigenvalue weighted by Gasteiger charge is -2.20. The number of nitrogens with zero attached hydrogens (tertiary/aromatic N) is 1.